The van der Waals surface area contributed by atoms with Crippen LogP contribution >= 0.6 is 0 Å². The lowest BCUT2D eigenvalue weighted by atomic mass is 10.1. The largest absolute Gasteiger partial charge is 0.337 e. The molecule has 0 radical (unpaired) electrons. The van der Waals surface area contributed by atoms with Gasteiger partial charge in [0.2, 0.25) is 0 Å². The first kappa shape index (κ1) is 13.8. The number of aromatic nitrogens is 2. The van der Waals surface area contributed by atoms with E-state index in [2.05, 4.69) is 10.2 Å². The highest BCUT2D eigenvalue weighted by Crippen LogP contribution is 2.19. The summed E-state index contributed by atoms with van der Waals surface area (Å²) in [5, 5.41) is 7.10. The number of hydrogen-bond donors (Lipinski definition) is 2. The van der Waals surface area contributed by atoms with Crippen molar-refractivity contribution in [2.75, 3.05) is 13.1 Å². The smallest absolute Gasteiger partial charge is 0.271 e. The number of carbonyl (C=O) groups excluding carboxylic acids is 1. The van der Waals surface area contributed by atoms with E-state index < -0.39 is 0 Å². The van der Waals surface area contributed by atoms with Crippen molar-refractivity contribution >= 4 is 5.91 Å². The molecule has 110 valence electrons. The lowest BCUT2D eigenvalue weighted by Gasteiger charge is -2.29. The summed E-state index contributed by atoms with van der Waals surface area (Å²) in [7, 11) is 0. The van der Waals surface area contributed by atoms with Crippen molar-refractivity contribution in [2.24, 2.45) is 5.73 Å². The summed E-state index contributed by atoms with van der Waals surface area (Å²) in [4.78, 5) is 14.3. The van der Waals surface area contributed by atoms with Crippen LogP contribution in [0.15, 0.2) is 30.3 Å². The molecule has 1 fully saturated rings. The van der Waals surface area contributed by atoms with Crippen LogP contribution in [0.3, 0.4) is 0 Å². The van der Waals surface area contributed by atoms with Gasteiger partial charge in [0.15, 0.2) is 0 Å². The van der Waals surface area contributed by atoms with Crippen LogP contribution in [0.1, 0.15) is 28.9 Å². The maximum atomic E-state index is 12.4. The number of aryl methyl sites for hydroxylation is 1. The van der Waals surface area contributed by atoms with Crippen molar-refractivity contribution in [3.05, 3.63) is 41.6 Å². The van der Waals surface area contributed by atoms with Gasteiger partial charge in [-0.2, -0.15) is 5.10 Å². The molecule has 1 aliphatic heterocycles. The van der Waals surface area contributed by atoms with Crippen LogP contribution in [-0.2, 0) is 0 Å². The summed E-state index contributed by atoms with van der Waals surface area (Å²) >= 11 is 0. The molecular formula is C16H20N4O. The monoisotopic (exact) mass is 284 g/mol. The molecule has 0 saturated carbocycles. The van der Waals surface area contributed by atoms with E-state index in [4.69, 9.17) is 5.73 Å². The summed E-state index contributed by atoms with van der Waals surface area (Å²) in [5.74, 6) is 0.00719. The average molecular weight is 284 g/mol. The first-order chi connectivity index (χ1) is 10.1. The number of H-pyrrole nitrogens is 1. The second-order valence-corrected chi connectivity index (χ2v) is 5.66. The predicted octanol–water partition coefficient (Wildman–Crippen LogP) is 1.95. The van der Waals surface area contributed by atoms with Crippen LogP contribution < -0.4 is 5.73 Å². The van der Waals surface area contributed by atoms with Crippen LogP contribution in [-0.4, -0.2) is 40.1 Å². The molecule has 0 atom stereocenters. The minimum absolute atomic E-state index is 0.00719. The summed E-state index contributed by atoms with van der Waals surface area (Å²) in [5.41, 5.74) is 9.43. The Morgan fingerprint density at radius 3 is 2.62 bits per heavy atom. The van der Waals surface area contributed by atoms with E-state index in [0.29, 0.717) is 5.69 Å². The molecule has 2 aromatic rings. The van der Waals surface area contributed by atoms with Crippen molar-refractivity contribution in [3.8, 4) is 11.3 Å². The molecule has 21 heavy (non-hydrogen) atoms. The lowest BCUT2D eigenvalue weighted by Crippen LogP contribution is -2.42. The van der Waals surface area contributed by atoms with Crippen LogP contribution in [0.4, 0.5) is 0 Å². The maximum Gasteiger partial charge on any atom is 0.271 e. The number of piperidine rings is 1. The Bertz CT molecular complexity index is 624. The molecular weight excluding hydrogens is 264 g/mol. The van der Waals surface area contributed by atoms with E-state index in [-0.39, 0.29) is 11.9 Å². The molecule has 2 heterocycles. The molecule has 5 heteroatoms. The predicted molar refractivity (Wildman–Crippen MR) is 81.9 cm³/mol. The fourth-order valence-corrected chi connectivity index (χ4v) is 2.58. The Morgan fingerprint density at radius 2 is 1.95 bits per heavy atom. The number of nitrogens with zero attached hydrogens (tertiary/aromatic N) is 2. The highest BCUT2D eigenvalue weighted by molar-refractivity contribution is 5.93. The topological polar surface area (TPSA) is 75.0 Å². The molecule has 3 N–H and O–H groups in total. The molecule has 0 spiro atoms. The average Bonchev–Trinajstić information content (AvgIpc) is 2.98. The van der Waals surface area contributed by atoms with Gasteiger partial charge in [-0.15, -0.1) is 0 Å². The van der Waals surface area contributed by atoms with Gasteiger partial charge in [-0.1, -0.05) is 29.8 Å². The molecule has 3 rings (SSSR count). The van der Waals surface area contributed by atoms with E-state index in [1.54, 1.807) is 0 Å². The zero-order valence-electron chi connectivity index (χ0n) is 12.2. The number of hydrogen-bond acceptors (Lipinski definition) is 3. The first-order valence-electron chi connectivity index (χ1n) is 7.31. The molecule has 5 nitrogen and oxygen atoms in total. The summed E-state index contributed by atoms with van der Waals surface area (Å²) in [6.45, 7) is 3.49. The highest BCUT2D eigenvalue weighted by Gasteiger charge is 2.23. The number of benzene rings is 1. The molecule has 0 bridgehead atoms. The van der Waals surface area contributed by atoms with E-state index in [1.807, 2.05) is 42.2 Å². The van der Waals surface area contributed by atoms with Crippen molar-refractivity contribution in [1.82, 2.24) is 15.1 Å². The zero-order chi connectivity index (χ0) is 14.8. The van der Waals surface area contributed by atoms with Gasteiger partial charge < -0.3 is 10.6 Å². The third kappa shape index (κ3) is 2.97. The van der Waals surface area contributed by atoms with Crippen molar-refractivity contribution < 1.29 is 4.79 Å². The van der Waals surface area contributed by atoms with Gasteiger partial charge in [0.05, 0.1) is 5.69 Å². The highest BCUT2D eigenvalue weighted by atomic mass is 16.2. The van der Waals surface area contributed by atoms with Gasteiger partial charge >= 0.3 is 0 Å². The summed E-state index contributed by atoms with van der Waals surface area (Å²) in [6, 6.07) is 10.1. The van der Waals surface area contributed by atoms with Crippen LogP contribution in [0.5, 0.6) is 0 Å². The van der Waals surface area contributed by atoms with Gasteiger partial charge in [0.25, 0.3) is 5.91 Å². The van der Waals surface area contributed by atoms with Crippen molar-refractivity contribution in [3.63, 3.8) is 0 Å². The Kier molecular flexibility index (Phi) is 3.75. The van der Waals surface area contributed by atoms with Gasteiger partial charge in [-0.25, -0.2) is 0 Å². The summed E-state index contributed by atoms with van der Waals surface area (Å²) < 4.78 is 0. The molecule has 1 aromatic heterocycles. The number of aromatic amines is 1. The minimum Gasteiger partial charge on any atom is -0.337 e. The molecule has 1 aliphatic rings. The van der Waals surface area contributed by atoms with Gasteiger partial charge in [-0.05, 0) is 25.8 Å². The second-order valence-electron chi connectivity index (χ2n) is 5.66. The van der Waals surface area contributed by atoms with Crippen LogP contribution in [0.25, 0.3) is 11.3 Å². The molecule has 1 saturated heterocycles. The first-order valence-corrected chi connectivity index (χ1v) is 7.31. The third-order valence-electron chi connectivity index (χ3n) is 3.98. The number of carbonyl (C=O) groups is 1. The van der Waals surface area contributed by atoms with Crippen LogP contribution in [0, 0.1) is 6.92 Å². The van der Waals surface area contributed by atoms with E-state index >= 15 is 0 Å². The number of nitrogens with two attached hydrogens (primary N) is 1. The SMILES string of the molecule is Cc1ccc(-c2cc(C(=O)N3CCC(N)CC3)[nH]n2)cc1. The fraction of sp³-hybridized carbons (Fsp3) is 0.375. The fourth-order valence-electron chi connectivity index (χ4n) is 2.58. The number of nitrogens with one attached hydrogen (secondary N) is 1. The van der Waals surface area contributed by atoms with Gasteiger partial charge in [0.1, 0.15) is 5.69 Å². The molecule has 1 amide bonds. The Morgan fingerprint density at radius 1 is 1.29 bits per heavy atom. The zero-order valence-corrected chi connectivity index (χ0v) is 12.2. The molecule has 0 unspecified atom stereocenters. The Labute approximate surface area is 124 Å². The second kappa shape index (κ2) is 5.69. The normalized spacial score (nSPS) is 16.2. The third-order valence-corrected chi connectivity index (χ3v) is 3.98. The summed E-state index contributed by atoms with van der Waals surface area (Å²) in [6.07, 6.45) is 1.73. The van der Waals surface area contributed by atoms with E-state index in [1.165, 1.54) is 5.56 Å². The minimum atomic E-state index is 0.00719. The standard InChI is InChI=1S/C16H20N4O/c1-11-2-4-12(5-3-11)14-10-15(19-18-14)16(21)20-8-6-13(17)7-9-20/h2-5,10,13H,6-9,17H2,1H3,(H,18,19). The van der Waals surface area contributed by atoms with Gasteiger partial charge in [-0.3, -0.25) is 9.89 Å². The van der Waals surface area contributed by atoms with E-state index in [9.17, 15) is 4.79 Å². The van der Waals surface area contributed by atoms with E-state index in [0.717, 1.165) is 37.2 Å². The van der Waals surface area contributed by atoms with Crippen molar-refractivity contribution in [1.29, 1.82) is 0 Å². The van der Waals surface area contributed by atoms with Crippen LogP contribution in [0.2, 0.25) is 0 Å². The maximum absolute atomic E-state index is 12.4. The Hall–Kier alpha value is -2.14. The molecule has 1 aromatic carbocycles. The number of likely N-dealkylation sites (tertiary alicyclic amines) is 1. The number of amides is 1. The van der Waals surface area contributed by atoms with Crippen molar-refractivity contribution in [2.45, 2.75) is 25.8 Å². The van der Waals surface area contributed by atoms with Gasteiger partial charge in [0, 0.05) is 24.7 Å². The Balaban J connectivity index is 1.75. The quantitative estimate of drug-likeness (QED) is 0.885. The lowest BCUT2D eigenvalue weighted by molar-refractivity contribution is 0.0709. The molecule has 0 aliphatic carbocycles. The number of rotatable bonds is 2.